The standard InChI is InChI=1S/C8H6F3O2/c9-8(10,11)5-13-7-3-1-2-6(12)4-7/h1-4H,5H2. The average Bonchev–Trinajstić information content (AvgIpc) is 2.00. The largest absolute Gasteiger partial charge is 0.484 e. The molecule has 0 aromatic heterocycles. The molecule has 71 valence electrons. The van der Waals surface area contributed by atoms with Crippen LogP contribution in [-0.2, 0) is 5.11 Å². The van der Waals surface area contributed by atoms with Crippen LogP contribution >= 0.6 is 0 Å². The number of alkyl halides is 3. The Morgan fingerprint density at radius 1 is 1.31 bits per heavy atom. The molecule has 0 atom stereocenters. The highest BCUT2D eigenvalue weighted by Crippen LogP contribution is 2.21. The molecule has 0 fully saturated rings. The van der Waals surface area contributed by atoms with E-state index in [1.54, 1.807) is 0 Å². The van der Waals surface area contributed by atoms with Gasteiger partial charge in [0.15, 0.2) is 12.4 Å². The van der Waals surface area contributed by atoms with Gasteiger partial charge in [-0.1, -0.05) is 6.07 Å². The van der Waals surface area contributed by atoms with Gasteiger partial charge < -0.3 is 4.74 Å². The maximum atomic E-state index is 11.6. The van der Waals surface area contributed by atoms with E-state index in [9.17, 15) is 18.3 Å². The van der Waals surface area contributed by atoms with Crippen molar-refractivity contribution >= 4 is 0 Å². The van der Waals surface area contributed by atoms with E-state index in [4.69, 9.17) is 0 Å². The third kappa shape index (κ3) is 3.68. The molecule has 0 heterocycles. The number of benzene rings is 1. The first-order valence-corrected chi connectivity index (χ1v) is 3.44. The van der Waals surface area contributed by atoms with Gasteiger partial charge in [-0.05, 0) is 12.1 Å². The predicted octanol–water partition coefficient (Wildman–Crippen LogP) is 2.77. The fourth-order valence-corrected chi connectivity index (χ4v) is 0.729. The van der Waals surface area contributed by atoms with E-state index >= 15 is 0 Å². The predicted molar refractivity (Wildman–Crippen MR) is 38.1 cm³/mol. The van der Waals surface area contributed by atoms with E-state index in [1.165, 1.54) is 18.2 Å². The number of hydrogen-bond donors (Lipinski definition) is 0. The second-order valence-corrected chi connectivity index (χ2v) is 2.38. The minimum absolute atomic E-state index is 0.0650. The molecular weight excluding hydrogens is 185 g/mol. The zero-order chi connectivity index (χ0) is 9.90. The van der Waals surface area contributed by atoms with Crippen LogP contribution in [0.5, 0.6) is 11.5 Å². The molecule has 1 aromatic carbocycles. The molecular formula is C8H6F3O2. The number of ether oxygens (including phenoxy) is 1. The molecule has 2 nitrogen and oxygen atoms in total. The summed E-state index contributed by atoms with van der Waals surface area (Å²) in [5.41, 5.74) is 0. The van der Waals surface area contributed by atoms with Gasteiger partial charge >= 0.3 is 6.18 Å². The first kappa shape index (κ1) is 9.70. The molecule has 0 aliphatic rings. The Labute approximate surface area is 72.6 Å². The van der Waals surface area contributed by atoms with Crippen molar-refractivity contribution in [1.29, 1.82) is 0 Å². The molecule has 0 unspecified atom stereocenters. The van der Waals surface area contributed by atoms with Gasteiger partial charge in [-0.2, -0.15) is 13.2 Å². The molecule has 0 N–H and O–H groups in total. The van der Waals surface area contributed by atoms with E-state index in [0.29, 0.717) is 0 Å². The van der Waals surface area contributed by atoms with Crippen LogP contribution in [0.1, 0.15) is 0 Å². The summed E-state index contributed by atoms with van der Waals surface area (Å²) in [6.07, 6.45) is -4.38. The highest BCUT2D eigenvalue weighted by Gasteiger charge is 2.28. The Morgan fingerprint density at radius 3 is 2.54 bits per heavy atom. The summed E-state index contributed by atoms with van der Waals surface area (Å²) in [6.45, 7) is -1.38. The topological polar surface area (TPSA) is 29.1 Å². The Hall–Kier alpha value is -1.39. The van der Waals surface area contributed by atoms with E-state index in [1.807, 2.05) is 0 Å². The molecule has 1 aromatic rings. The zero-order valence-electron chi connectivity index (χ0n) is 6.47. The minimum Gasteiger partial charge on any atom is -0.484 e. The summed E-state index contributed by atoms with van der Waals surface area (Å²) < 4.78 is 39.2. The van der Waals surface area contributed by atoms with Crippen LogP contribution in [0.2, 0.25) is 0 Å². The molecule has 13 heavy (non-hydrogen) atoms. The summed E-state index contributed by atoms with van der Waals surface area (Å²) in [5.74, 6) is -0.440. The quantitative estimate of drug-likeness (QED) is 0.706. The van der Waals surface area contributed by atoms with Gasteiger partial charge in [0.25, 0.3) is 0 Å². The smallest absolute Gasteiger partial charge is 0.422 e. The van der Waals surface area contributed by atoms with Crippen molar-refractivity contribution in [1.82, 2.24) is 0 Å². The number of rotatable bonds is 2. The Balaban J connectivity index is 2.55. The van der Waals surface area contributed by atoms with Crippen molar-refractivity contribution in [3.05, 3.63) is 24.3 Å². The second kappa shape index (κ2) is 3.55. The highest BCUT2D eigenvalue weighted by atomic mass is 19.4. The maximum Gasteiger partial charge on any atom is 0.422 e. The van der Waals surface area contributed by atoms with Gasteiger partial charge in [-0.3, -0.25) is 5.11 Å². The van der Waals surface area contributed by atoms with Crippen LogP contribution in [-0.4, -0.2) is 12.8 Å². The lowest BCUT2D eigenvalue weighted by Gasteiger charge is -2.08. The fourth-order valence-electron chi connectivity index (χ4n) is 0.729. The molecule has 0 saturated heterocycles. The van der Waals surface area contributed by atoms with Crippen molar-refractivity contribution < 1.29 is 23.0 Å². The molecule has 0 spiro atoms. The van der Waals surface area contributed by atoms with Crippen molar-refractivity contribution in [3.63, 3.8) is 0 Å². The highest BCUT2D eigenvalue weighted by molar-refractivity contribution is 5.31. The molecule has 0 aliphatic carbocycles. The minimum atomic E-state index is -4.38. The van der Waals surface area contributed by atoms with Gasteiger partial charge in [-0.25, -0.2) is 0 Å². The summed E-state index contributed by atoms with van der Waals surface area (Å²) >= 11 is 0. The van der Waals surface area contributed by atoms with Gasteiger partial charge in [-0.15, -0.1) is 0 Å². The SMILES string of the molecule is [O]c1cccc(OCC(F)(F)F)c1. The van der Waals surface area contributed by atoms with E-state index in [2.05, 4.69) is 4.74 Å². The normalized spacial score (nSPS) is 11.3. The number of hydrogen-bond acceptors (Lipinski definition) is 1. The molecule has 1 radical (unpaired) electrons. The Kier molecular flexibility index (Phi) is 2.65. The maximum absolute atomic E-state index is 11.6. The van der Waals surface area contributed by atoms with Gasteiger partial charge in [0.2, 0.25) is 0 Å². The van der Waals surface area contributed by atoms with Crippen LogP contribution in [0.25, 0.3) is 0 Å². The lowest BCUT2D eigenvalue weighted by molar-refractivity contribution is -0.153. The molecule has 0 amide bonds. The van der Waals surface area contributed by atoms with E-state index in [-0.39, 0.29) is 11.5 Å². The Bertz CT molecular complexity index is 283. The van der Waals surface area contributed by atoms with Crippen LogP contribution in [0.3, 0.4) is 0 Å². The third-order valence-electron chi connectivity index (χ3n) is 1.21. The van der Waals surface area contributed by atoms with Gasteiger partial charge in [0, 0.05) is 6.07 Å². The third-order valence-corrected chi connectivity index (χ3v) is 1.21. The molecule has 1 rings (SSSR count). The fraction of sp³-hybridized carbons (Fsp3) is 0.250. The summed E-state index contributed by atoms with van der Waals surface area (Å²) in [5, 5.41) is 10.7. The zero-order valence-corrected chi connectivity index (χ0v) is 6.47. The van der Waals surface area contributed by atoms with Gasteiger partial charge in [0.05, 0.1) is 0 Å². The Morgan fingerprint density at radius 2 is 2.00 bits per heavy atom. The molecule has 5 heteroatoms. The average molecular weight is 191 g/mol. The van der Waals surface area contributed by atoms with E-state index < -0.39 is 12.8 Å². The first-order chi connectivity index (χ1) is 5.97. The summed E-state index contributed by atoms with van der Waals surface area (Å²) in [4.78, 5) is 0. The van der Waals surface area contributed by atoms with Crippen LogP contribution in [0.15, 0.2) is 24.3 Å². The van der Waals surface area contributed by atoms with Crippen molar-refractivity contribution in [3.8, 4) is 11.5 Å². The summed E-state index contributed by atoms with van der Waals surface area (Å²) in [7, 11) is 0. The van der Waals surface area contributed by atoms with Crippen LogP contribution in [0, 0.1) is 0 Å². The first-order valence-electron chi connectivity index (χ1n) is 3.44. The summed E-state index contributed by atoms with van der Waals surface area (Å²) in [6, 6.07) is 4.88. The van der Waals surface area contributed by atoms with Gasteiger partial charge in [0.1, 0.15) is 5.75 Å². The van der Waals surface area contributed by atoms with Crippen molar-refractivity contribution in [2.45, 2.75) is 6.18 Å². The van der Waals surface area contributed by atoms with Crippen molar-refractivity contribution in [2.75, 3.05) is 6.61 Å². The molecule has 0 bridgehead atoms. The monoisotopic (exact) mass is 191 g/mol. The van der Waals surface area contributed by atoms with Crippen LogP contribution in [0.4, 0.5) is 13.2 Å². The van der Waals surface area contributed by atoms with Crippen molar-refractivity contribution in [2.24, 2.45) is 0 Å². The van der Waals surface area contributed by atoms with E-state index in [0.717, 1.165) is 6.07 Å². The molecule has 0 saturated carbocycles. The lowest BCUT2D eigenvalue weighted by atomic mass is 10.3. The molecule has 0 aliphatic heterocycles. The van der Waals surface area contributed by atoms with Crippen LogP contribution < -0.4 is 4.74 Å². The lowest BCUT2D eigenvalue weighted by Crippen LogP contribution is -2.19. The second-order valence-electron chi connectivity index (χ2n) is 2.38. The number of halogens is 3.